The number of carbonyl (C=O) groups excluding carboxylic acids is 2. The Labute approximate surface area is 203 Å². The molecule has 6 heteroatoms. The number of amides is 2. The summed E-state index contributed by atoms with van der Waals surface area (Å²) in [4.78, 5) is 31.8. The molecular weight excluding hydrogens is 412 g/mol. The highest BCUT2D eigenvalue weighted by Crippen LogP contribution is 2.25. The van der Waals surface area contributed by atoms with Crippen LogP contribution in [0.1, 0.15) is 74.1 Å². The Balaban J connectivity index is 0.000000890. The third kappa shape index (κ3) is 9.56. The molecule has 0 aliphatic carbocycles. The summed E-state index contributed by atoms with van der Waals surface area (Å²) in [5, 5.41) is 3.31. The van der Waals surface area contributed by atoms with E-state index in [1.165, 1.54) is 26.1 Å². The second-order valence-corrected chi connectivity index (χ2v) is 12.0. The van der Waals surface area contributed by atoms with E-state index < -0.39 is 0 Å². The molecule has 0 aromatic carbocycles. The Kier molecular flexibility index (Phi) is 11.6. The predicted molar refractivity (Wildman–Crippen MR) is 137 cm³/mol. The molecule has 0 aromatic rings. The predicted octanol–water partition coefficient (Wildman–Crippen LogP) is 3.71. The van der Waals surface area contributed by atoms with Crippen LogP contribution >= 0.6 is 0 Å². The average Bonchev–Trinajstić information content (AvgIpc) is 3.06. The standard InChI is InChI=1S/C23H42N4O2.C4H10/c1-17(2)13-21-23(29)27(12-8-24-21)16-22(28)26-10-6-20(7-11-26)5-9-25-14-18(3)19(4)15-25;1-4(2)3/h17-21,24H,5-16H2,1-4H3;4H,1-3H3. The fraction of sp³-hybridized carbons (Fsp3) is 0.926. The van der Waals surface area contributed by atoms with E-state index in [9.17, 15) is 9.59 Å². The van der Waals surface area contributed by atoms with Crippen molar-refractivity contribution in [3.05, 3.63) is 0 Å². The Hall–Kier alpha value is -1.14. The molecule has 33 heavy (non-hydrogen) atoms. The topological polar surface area (TPSA) is 55.9 Å². The van der Waals surface area contributed by atoms with Gasteiger partial charge in [-0.15, -0.1) is 0 Å². The van der Waals surface area contributed by atoms with Gasteiger partial charge in [-0.25, -0.2) is 0 Å². The van der Waals surface area contributed by atoms with Crippen molar-refractivity contribution in [2.75, 3.05) is 52.4 Å². The fourth-order valence-corrected chi connectivity index (χ4v) is 5.14. The summed E-state index contributed by atoms with van der Waals surface area (Å²) in [7, 11) is 0. The molecule has 6 nitrogen and oxygen atoms in total. The summed E-state index contributed by atoms with van der Waals surface area (Å²) in [6, 6.07) is -0.127. The molecule has 0 aromatic heterocycles. The van der Waals surface area contributed by atoms with Crippen molar-refractivity contribution in [1.82, 2.24) is 20.0 Å². The molecular formula is C27H52N4O2. The molecule has 1 N–H and O–H groups in total. The number of hydrogen-bond donors (Lipinski definition) is 1. The molecule has 2 amide bonds. The van der Waals surface area contributed by atoms with Crippen LogP contribution in [0.4, 0.5) is 0 Å². The van der Waals surface area contributed by atoms with Gasteiger partial charge in [-0.1, -0.05) is 48.5 Å². The molecule has 0 saturated carbocycles. The van der Waals surface area contributed by atoms with E-state index in [2.05, 4.69) is 58.7 Å². The maximum Gasteiger partial charge on any atom is 0.242 e. The highest BCUT2D eigenvalue weighted by Gasteiger charge is 2.32. The third-order valence-electron chi connectivity index (χ3n) is 7.30. The molecule has 0 radical (unpaired) electrons. The molecule has 3 atom stereocenters. The minimum Gasteiger partial charge on any atom is -0.341 e. The van der Waals surface area contributed by atoms with Gasteiger partial charge in [-0.05, 0) is 61.8 Å². The van der Waals surface area contributed by atoms with E-state index >= 15 is 0 Å². The summed E-state index contributed by atoms with van der Waals surface area (Å²) in [6.07, 6.45) is 4.31. The Bertz CT molecular complexity index is 588. The van der Waals surface area contributed by atoms with E-state index in [4.69, 9.17) is 0 Å². The van der Waals surface area contributed by atoms with Crippen LogP contribution in [0.2, 0.25) is 0 Å². The lowest BCUT2D eigenvalue weighted by molar-refractivity contribution is -0.144. The van der Waals surface area contributed by atoms with Gasteiger partial charge in [-0.3, -0.25) is 9.59 Å². The van der Waals surface area contributed by atoms with E-state index in [1.54, 1.807) is 4.90 Å². The first-order valence-electron chi connectivity index (χ1n) is 13.6. The molecule has 0 spiro atoms. The number of piperidine rings is 1. The molecule has 0 bridgehead atoms. The van der Waals surface area contributed by atoms with Crippen LogP contribution in [0, 0.1) is 29.6 Å². The van der Waals surface area contributed by atoms with Crippen LogP contribution in [0.3, 0.4) is 0 Å². The number of likely N-dealkylation sites (tertiary alicyclic amines) is 2. The highest BCUT2D eigenvalue weighted by molar-refractivity contribution is 5.88. The summed E-state index contributed by atoms with van der Waals surface area (Å²) >= 11 is 0. The maximum absolute atomic E-state index is 12.8. The number of nitrogens with one attached hydrogen (secondary N) is 1. The van der Waals surface area contributed by atoms with Crippen LogP contribution < -0.4 is 5.32 Å². The lowest BCUT2D eigenvalue weighted by atomic mass is 9.93. The summed E-state index contributed by atoms with van der Waals surface area (Å²) < 4.78 is 0. The van der Waals surface area contributed by atoms with Crippen molar-refractivity contribution < 1.29 is 9.59 Å². The smallest absolute Gasteiger partial charge is 0.242 e. The number of carbonyl (C=O) groups is 2. The summed E-state index contributed by atoms with van der Waals surface area (Å²) in [5.74, 6) is 3.91. The number of nitrogens with zero attached hydrogens (tertiary/aromatic N) is 3. The quantitative estimate of drug-likeness (QED) is 0.624. The van der Waals surface area contributed by atoms with Crippen LogP contribution in [-0.4, -0.2) is 84.9 Å². The van der Waals surface area contributed by atoms with Crippen LogP contribution in [-0.2, 0) is 9.59 Å². The molecule has 192 valence electrons. The van der Waals surface area contributed by atoms with Crippen LogP contribution in [0.25, 0.3) is 0 Å². The van der Waals surface area contributed by atoms with Gasteiger partial charge in [0.1, 0.15) is 0 Å². The van der Waals surface area contributed by atoms with Crippen molar-refractivity contribution >= 4 is 11.8 Å². The number of hydrogen-bond acceptors (Lipinski definition) is 4. The molecule has 3 aliphatic heterocycles. The largest absolute Gasteiger partial charge is 0.341 e. The zero-order chi connectivity index (χ0) is 24.5. The summed E-state index contributed by atoms with van der Waals surface area (Å²) in [5.41, 5.74) is 0. The van der Waals surface area contributed by atoms with Gasteiger partial charge in [0.25, 0.3) is 0 Å². The summed E-state index contributed by atoms with van der Waals surface area (Å²) in [6.45, 7) is 22.6. The molecule has 3 rings (SSSR count). The van der Waals surface area contributed by atoms with E-state index in [1.807, 2.05) is 4.90 Å². The Morgan fingerprint density at radius 1 is 1.00 bits per heavy atom. The Morgan fingerprint density at radius 2 is 1.58 bits per heavy atom. The van der Waals surface area contributed by atoms with E-state index in [0.29, 0.717) is 12.5 Å². The van der Waals surface area contributed by atoms with Gasteiger partial charge >= 0.3 is 0 Å². The van der Waals surface area contributed by atoms with Gasteiger partial charge in [0.2, 0.25) is 11.8 Å². The van der Waals surface area contributed by atoms with Crippen molar-refractivity contribution in [3.8, 4) is 0 Å². The van der Waals surface area contributed by atoms with Gasteiger partial charge < -0.3 is 20.0 Å². The normalized spacial score (nSPS) is 27.3. The lowest BCUT2D eigenvalue weighted by Crippen LogP contribution is -2.57. The zero-order valence-corrected chi connectivity index (χ0v) is 22.6. The molecule has 3 saturated heterocycles. The van der Waals surface area contributed by atoms with Crippen molar-refractivity contribution in [2.45, 2.75) is 80.2 Å². The molecule has 3 fully saturated rings. The van der Waals surface area contributed by atoms with Crippen LogP contribution in [0.5, 0.6) is 0 Å². The second-order valence-electron chi connectivity index (χ2n) is 12.0. The van der Waals surface area contributed by atoms with Gasteiger partial charge in [0.05, 0.1) is 12.6 Å². The third-order valence-corrected chi connectivity index (χ3v) is 7.30. The van der Waals surface area contributed by atoms with Gasteiger partial charge in [-0.2, -0.15) is 0 Å². The van der Waals surface area contributed by atoms with Crippen molar-refractivity contribution in [1.29, 1.82) is 0 Å². The molecule has 3 aliphatic rings. The maximum atomic E-state index is 12.8. The van der Waals surface area contributed by atoms with Crippen molar-refractivity contribution in [2.24, 2.45) is 29.6 Å². The average molecular weight is 465 g/mol. The van der Waals surface area contributed by atoms with E-state index in [0.717, 1.165) is 62.6 Å². The molecule has 3 unspecified atom stereocenters. The highest BCUT2D eigenvalue weighted by atomic mass is 16.2. The monoisotopic (exact) mass is 464 g/mol. The SMILES string of the molecule is CC(C)C.CC(C)CC1NCCN(CC(=O)N2CCC(CCN3CC(C)C(C)C3)CC2)C1=O. The second kappa shape index (κ2) is 13.7. The minimum absolute atomic E-state index is 0.0993. The number of piperazine rings is 1. The van der Waals surface area contributed by atoms with Gasteiger partial charge in [0.15, 0.2) is 0 Å². The minimum atomic E-state index is -0.127. The first-order valence-corrected chi connectivity index (χ1v) is 13.6. The van der Waals surface area contributed by atoms with Crippen LogP contribution in [0.15, 0.2) is 0 Å². The molecule has 3 heterocycles. The first-order chi connectivity index (χ1) is 15.6. The fourth-order valence-electron chi connectivity index (χ4n) is 5.14. The lowest BCUT2D eigenvalue weighted by Gasteiger charge is -2.37. The van der Waals surface area contributed by atoms with E-state index in [-0.39, 0.29) is 24.4 Å². The van der Waals surface area contributed by atoms with Crippen molar-refractivity contribution in [3.63, 3.8) is 0 Å². The van der Waals surface area contributed by atoms with Gasteiger partial charge in [0, 0.05) is 39.3 Å². The number of rotatable bonds is 7. The zero-order valence-electron chi connectivity index (χ0n) is 22.6. The Morgan fingerprint density at radius 3 is 2.12 bits per heavy atom. The first kappa shape index (κ1) is 28.1.